The molecule has 0 aromatic heterocycles. The van der Waals surface area contributed by atoms with Gasteiger partial charge in [-0.25, -0.2) is 4.79 Å². The number of nitro benzene ring substituents is 1. The van der Waals surface area contributed by atoms with E-state index in [2.05, 4.69) is 0 Å². The van der Waals surface area contributed by atoms with Crippen molar-refractivity contribution < 1.29 is 38.1 Å². The smallest absolute Gasteiger partial charge is 0.338 e. The summed E-state index contributed by atoms with van der Waals surface area (Å²) in [5, 5.41) is 10.6. The summed E-state index contributed by atoms with van der Waals surface area (Å²) in [7, 11) is 0. The van der Waals surface area contributed by atoms with Crippen molar-refractivity contribution in [3.05, 3.63) is 70.3 Å². The molecule has 0 radical (unpaired) electrons. The van der Waals surface area contributed by atoms with Crippen LogP contribution in [0.3, 0.4) is 0 Å². The molecule has 2 aromatic carbocycles. The fourth-order valence-corrected chi connectivity index (χ4v) is 2.50. The maximum atomic E-state index is 11.7. The minimum absolute atomic E-state index is 0.0223. The summed E-state index contributed by atoms with van der Waals surface area (Å²) in [6.07, 6.45) is 0. The monoisotopic (exact) mass is 463 g/mol. The number of non-ortho nitro benzene ring substituents is 1. The van der Waals surface area contributed by atoms with E-state index in [0.29, 0.717) is 70.8 Å². The molecule has 0 saturated heterocycles. The van der Waals surface area contributed by atoms with Crippen LogP contribution in [0.15, 0.2) is 54.6 Å². The Morgan fingerprint density at radius 3 is 1.67 bits per heavy atom. The first-order valence-electron chi connectivity index (χ1n) is 10.6. The summed E-state index contributed by atoms with van der Waals surface area (Å²) in [6, 6.07) is 14.7. The molecule has 0 spiro atoms. The first kappa shape index (κ1) is 26.2. The van der Waals surface area contributed by atoms with Crippen LogP contribution in [0.4, 0.5) is 5.69 Å². The topological polar surface area (TPSA) is 116 Å². The molecule has 0 heterocycles. The van der Waals surface area contributed by atoms with Gasteiger partial charge in [0.05, 0.1) is 63.3 Å². The SMILES string of the molecule is O=C(OCCOCCOCCOCCOCCOc1ccc([N+](=O)[O-])cc1)c1ccccc1. The van der Waals surface area contributed by atoms with Gasteiger partial charge in [-0.2, -0.15) is 0 Å². The maximum Gasteiger partial charge on any atom is 0.338 e. The van der Waals surface area contributed by atoms with Gasteiger partial charge in [-0.1, -0.05) is 18.2 Å². The van der Waals surface area contributed by atoms with E-state index in [0.717, 1.165) is 0 Å². The Kier molecular flexibility index (Phi) is 13.2. The molecular formula is C23H29NO9. The minimum Gasteiger partial charge on any atom is -0.491 e. The number of rotatable bonds is 18. The number of hydrogen-bond acceptors (Lipinski definition) is 9. The first-order valence-corrected chi connectivity index (χ1v) is 10.6. The van der Waals surface area contributed by atoms with Crippen LogP contribution in [0.5, 0.6) is 5.75 Å². The van der Waals surface area contributed by atoms with Crippen LogP contribution in [-0.4, -0.2) is 77.0 Å². The molecule has 0 aliphatic rings. The molecule has 0 atom stereocenters. The van der Waals surface area contributed by atoms with E-state index >= 15 is 0 Å². The second-order valence-electron chi connectivity index (χ2n) is 6.55. The summed E-state index contributed by atoms with van der Waals surface area (Å²) in [4.78, 5) is 21.8. The van der Waals surface area contributed by atoms with Gasteiger partial charge in [0, 0.05) is 12.1 Å². The summed E-state index contributed by atoms with van der Waals surface area (Å²) in [6.45, 7) is 3.79. The number of nitrogens with zero attached hydrogens (tertiary/aromatic N) is 1. The Bertz CT molecular complexity index is 799. The van der Waals surface area contributed by atoms with E-state index in [1.807, 2.05) is 6.07 Å². The number of esters is 1. The molecule has 0 aliphatic heterocycles. The largest absolute Gasteiger partial charge is 0.491 e. The predicted octanol–water partition coefficient (Wildman–Crippen LogP) is 2.90. The van der Waals surface area contributed by atoms with E-state index in [4.69, 9.17) is 28.4 Å². The van der Waals surface area contributed by atoms with Gasteiger partial charge in [-0.15, -0.1) is 0 Å². The van der Waals surface area contributed by atoms with Gasteiger partial charge in [0.2, 0.25) is 0 Å². The van der Waals surface area contributed by atoms with Crippen LogP contribution < -0.4 is 4.74 Å². The van der Waals surface area contributed by atoms with Gasteiger partial charge in [0.25, 0.3) is 5.69 Å². The maximum absolute atomic E-state index is 11.7. The zero-order chi connectivity index (χ0) is 23.6. The summed E-state index contributed by atoms with van der Waals surface area (Å²) in [5.74, 6) is 0.184. The molecule has 0 unspecified atom stereocenters. The number of nitro groups is 1. The highest BCUT2D eigenvalue weighted by atomic mass is 16.6. The molecular weight excluding hydrogens is 434 g/mol. The number of ether oxygens (including phenoxy) is 6. The lowest BCUT2D eigenvalue weighted by Crippen LogP contribution is -2.15. The lowest BCUT2D eigenvalue weighted by atomic mass is 10.2. The van der Waals surface area contributed by atoms with Crippen LogP contribution >= 0.6 is 0 Å². The summed E-state index contributed by atoms with van der Waals surface area (Å²) >= 11 is 0. The number of hydrogen-bond donors (Lipinski definition) is 0. The van der Waals surface area contributed by atoms with E-state index in [9.17, 15) is 14.9 Å². The Morgan fingerprint density at radius 1 is 0.667 bits per heavy atom. The molecule has 33 heavy (non-hydrogen) atoms. The van der Waals surface area contributed by atoms with Crippen molar-refractivity contribution in [2.45, 2.75) is 0 Å². The predicted molar refractivity (Wildman–Crippen MR) is 119 cm³/mol. The number of carbonyl (C=O) groups excluding carboxylic acids is 1. The van der Waals surface area contributed by atoms with Crippen molar-refractivity contribution in [1.82, 2.24) is 0 Å². The lowest BCUT2D eigenvalue weighted by molar-refractivity contribution is -0.384. The van der Waals surface area contributed by atoms with Crippen molar-refractivity contribution in [2.24, 2.45) is 0 Å². The average molecular weight is 463 g/mol. The fourth-order valence-electron chi connectivity index (χ4n) is 2.50. The summed E-state index contributed by atoms with van der Waals surface area (Å²) in [5.41, 5.74) is 0.538. The van der Waals surface area contributed by atoms with E-state index in [1.165, 1.54) is 12.1 Å². The molecule has 0 saturated carbocycles. The van der Waals surface area contributed by atoms with Crippen LogP contribution in [-0.2, 0) is 23.7 Å². The molecule has 10 heteroatoms. The van der Waals surface area contributed by atoms with Crippen molar-refractivity contribution in [3.63, 3.8) is 0 Å². The standard InChI is InChI=1S/C23H29NO9/c25-23(20-4-2-1-3-5-20)33-19-17-31-15-13-29-11-10-28-12-14-30-16-18-32-22-8-6-21(7-9-22)24(26)27/h1-9H,10-19H2. The second-order valence-corrected chi connectivity index (χ2v) is 6.55. The zero-order valence-corrected chi connectivity index (χ0v) is 18.4. The highest BCUT2D eigenvalue weighted by Crippen LogP contribution is 2.17. The molecule has 2 rings (SSSR count). The van der Waals surface area contributed by atoms with E-state index in [1.54, 1.807) is 36.4 Å². The molecule has 0 N–H and O–H groups in total. The average Bonchev–Trinajstić information content (AvgIpc) is 2.84. The highest BCUT2D eigenvalue weighted by molar-refractivity contribution is 5.89. The normalized spacial score (nSPS) is 10.7. The lowest BCUT2D eigenvalue weighted by Gasteiger charge is -2.08. The molecule has 0 aliphatic carbocycles. The first-order chi connectivity index (χ1) is 16.2. The van der Waals surface area contributed by atoms with Crippen LogP contribution in [0.25, 0.3) is 0 Å². The second kappa shape index (κ2) is 16.6. The Balaban J connectivity index is 1.30. The van der Waals surface area contributed by atoms with Gasteiger partial charge in [-0.05, 0) is 24.3 Å². The van der Waals surface area contributed by atoms with Gasteiger partial charge >= 0.3 is 5.97 Å². The van der Waals surface area contributed by atoms with Crippen LogP contribution in [0.1, 0.15) is 10.4 Å². The van der Waals surface area contributed by atoms with Gasteiger partial charge in [0.1, 0.15) is 19.0 Å². The third kappa shape index (κ3) is 11.9. The quantitative estimate of drug-likeness (QED) is 0.142. The van der Waals surface area contributed by atoms with Crippen molar-refractivity contribution in [1.29, 1.82) is 0 Å². The number of benzene rings is 2. The van der Waals surface area contributed by atoms with Gasteiger partial charge in [-0.3, -0.25) is 10.1 Å². The van der Waals surface area contributed by atoms with E-state index < -0.39 is 4.92 Å². The fraction of sp³-hybridized carbons (Fsp3) is 0.435. The number of carbonyl (C=O) groups is 1. The molecule has 180 valence electrons. The van der Waals surface area contributed by atoms with Gasteiger partial charge in [0.15, 0.2) is 0 Å². The van der Waals surface area contributed by atoms with Crippen molar-refractivity contribution in [3.8, 4) is 5.75 Å². The zero-order valence-electron chi connectivity index (χ0n) is 18.4. The van der Waals surface area contributed by atoms with Crippen molar-refractivity contribution >= 4 is 11.7 Å². The molecule has 0 bridgehead atoms. The molecule has 2 aromatic rings. The summed E-state index contributed by atoms with van der Waals surface area (Å²) < 4.78 is 32.1. The third-order valence-corrected chi connectivity index (χ3v) is 4.13. The van der Waals surface area contributed by atoms with E-state index in [-0.39, 0.29) is 18.3 Å². The van der Waals surface area contributed by atoms with Crippen LogP contribution in [0.2, 0.25) is 0 Å². The highest BCUT2D eigenvalue weighted by Gasteiger charge is 2.05. The van der Waals surface area contributed by atoms with Gasteiger partial charge < -0.3 is 28.4 Å². The molecule has 0 fully saturated rings. The minimum atomic E-state index is -0.458. The van der Waals surface area contributed by atoms with Crippen molar-refractivity contribution in [2.75, 3.05) is 66.1 Å². The third-order valence-electron chi connectivity index (χ3n) is 4.13. The Hall–Kier alpha value is -3.05. The Morgan fingerprint density at radius 2 is 1.15 bits per heavy atom. The van der Waals surface area contributed by atoms with Crippen LogP contribution in [0, 0.1) is 10.1 Å². The molecule has 10 nitrogen and oxygen atoms in total. The molecule has 0 amide bonds. The Labute approximate surface area is 192 Å².